The molecule has 0 unspecified atom stereocenters. The number of unbranched alkanes of at least 4 members (excludes halogenated alkanes) is 2. The molecule has 0 bridgehead atoms. The Labute approximate surface area is 181 Å². The van der Waals surface area contributed by atoms with Crippen LogP contribution in [-0.4, -0.2) is 27.0 Å². The Morgan fingerprint density at radius 3 is 2.88 bits per heavy atom. The van der Waals surface area contributed by atoms with Crippen molar-refractivity contribution in [2.24, 2.45) is 0 Å². The van der Waals surface area contributed by atoms with Crippen molar-refractivity contribution in [3.63, 3.8) is 0 Å². The zero-order valence-corrected chi connectivity index (χ0v) is 23.7. The molecule has 0 saturated heterocycles. The fraction of sp³-hybridized carbons (Fsp3) is 0.444. The van der Waals surface area contributed by atoms with E-state index in [0.29, 0.717) is 5.82 Å². The molecular formula is C18H24N6ORa. The zero-order chi connectivity index (χ0) is 18.5. The van der Waals surface area contributed by atoms with Gasteiger partial charge in [0.15, 0.2) is 0 Å². The third kappa shape index (κ3) is 4.36. The van der Waals surface area contributed by atoms with Crippen molar-refractivity contribution in [3.05, 3.63) is 24.2 Å². The number of fused-ring (bicyclic) bond motifs is 3. The van der Waals surface area contributed by atoms with Gasteiger partial charge in [0.25, 0.3) is 0 Å². The van der Waals surface area contributed by atoms with Crippen molar-refractivity contribution >= 4 is 28.8 Å². The molecule has 0 aliphatic carbocycles. The van der Waals surface area contributed by atoms with Crippen molar-refractivity contribution in [1.29, 1.82) is 0 Å². The van der Waals surface area contributed by atoms with E-state index < -0.39 is 0 Å². The predicted molar refractivity (Wildman–Crippen MR) is 99.9 cm³/mol. The number of pyridine rings is 2. The van der Waals surface area contributed by atoms with Gasteiger partial charge in [0, 0.05) is 0 Å². The molecule has 0 aromatic carbocycles. The molecule has 3 rings (SSSR count). The maximum atomic E-state index is 11.1. The number of amides is 1. The van der Waals surface area contributed by atoms with Crippen LogP contribution >= 0.6 is 0 Å². The first-order valence-electron chi connectivity index (χ1n) is 9.25. The van der Waals surface area contributed by atoms with E-state index in [1.165, 1.54) is 0 Å². The molecule has 3 aromatic rings. The number of carbonyl (C=O) groups excluding carboxylic acids is 1. The number of nitrogens with zero attached hydrogens (tertiary/aromatic N) is 4. The number of rotatable bonds is 8. The molecule has 3 heterocycles. The molecule has 0 radical (unpaired) electrons. The number of hydrogen-bond donors (Lipinski definition) is 2. The zero-order valence-electron chi connectivity index (χ0n) is 15.5. The summed E-state index contributed by atoms with van der Waals surface area (Å²) in [6.07, 6.45) is 6.82. The minimum atomic E-state index is -0.0958. The molecule has 0 atom stereocenters. The monoisotopic (exact) mass is 566 g/mol. The SMILES string of the molecule is CCCCc1nc2c(N)nc3cccnc3c2n1CCCCN[C](=O)[RaH]. The summed E-state index contributed by atoms with van der Waals surface area (Å²) in [6.45, 7) is 3.77. The van der Waals surface area contributed by atoms with Gasteiger partial charge in [-0.05, 0) is 0 Å². The first-order valence-corrected chi connectivity index (χ1v) is 13.4. The number of hydrogen-bond acceptors (Lipinski definition) is 5. The quantitative estimate of drug-likeness (QED) is 0.409. The van der Waals surface area contributed by atoms with Crippen molar-refractivity contribution in [2.75, 3.05) is 12.3 Å². The second-order valence-electron chi connectivity index (χ2n) is 6.54. The molecule has 7 nitrogen and oxygen atoms in total. The standard InChI is InChI=1S/C18H23N6O.Ra.H/c1-2-3-8-14-23-16-17(24(14)11-5-4-9-20-12-25)15-13(22-18(16)19)7-6-10-21-15;;/h6-7,10H,2-5,8-9,11H2,1H3,(H2,19,22)(H,20,25);;. The minimum absolute atomic E-state index is 0.0958. The predicted octanol–water partition coefficient (Wildman–Crippen LogP) is 2.68. The van der Waals surface area contributed by atoms with Gasteiger partial charge in [-0.2, -0.15) is 0 Å². The van der Waals surface area contributed by atoms with Crippen LogP contribution in [0.25, 0.3) is 22.1 Å². The fourth-order valence-electron chi connectivity index (χ4n) is 3.20. The van der Waals surface area contributed by atoms with Crippen molar-refractivity contribution in [3.8, 4) is 0 Å². The Morgan fingerprint density at radius 1 is 1.27 bits per heavy atom. The number of nitrogens with two attached hydrogens (primary N) is 1. The molecule has 0 spiro atoms. The Kier molecular flexibility index (Phi) is 6.84. The third-order valence-electron chi connectivity index (χ3n) is 4.48. The molecule has 26 heavy (non-hydrogen) atoms. The van der Waals surface area contributed by atoms with Crippen molar-refractivity contribution in [1.82, 2.24) is 24.8 Å². The molecule has 8 heteroatoms. The van der Waals surface area contributed by atoms with Gasteiger partial charge in [-0.1, -0.05) is 0 Å². The second-order valence-corrected chi connectivity index (χ2v) is 10.3. The summed E-state index contributed by atoms with van der Waals surface area (Å²) >= 11 is -0.0958. The van der Waals surface area contributed by atoms with Gasteiger partial charge < -0.3 is 0 Å². The van der Waals surface area contributed by atoms with Gasteiger partial charge in [-0.15, -0.1) is 0 Å². The van der Waals surface area contributed by atoms with Crippen molar-refractivity contribution < 1.29 is 47.6 Å². The van der Waals surface area contributed by atoms with E-state index in [2.05, 4.69) is 26.8 Å². The molecule has 0 aliphatic rings. The average molecular weight is 566 g/mol. The summed E-state index contributed by atoms with van der Waals surface area (Å²) < 4.78 is 2.50. The summed E-state index contributed by atoms with van der Waals surface area (Å²) in [5.41, 5.74) is 9.57. The number of anilines is 1. The van der Waals surface area contributed by atoms with E-state index in [9.17, 15) is 4.79 Å². The molecule has 0 fully saturated rings. The Bertz CT molecular complexity index is 923. The molecule has 1 amide bonds. The van der Waals surface area contributed by atoms with E-state index in [1.54, 1.807) is 6.20 Å². The topological polar surface area (TPSA) is 98.7 Å². The first-order chi connectivity index (χ1) is 12.6. The van der Waals surface area contributed by atoms with Crippen LogP contribution in [0.3, 0.4) is 0 Å². The Balaban J connectivity index is 1.97. The number of nitrogens with one attached hydrogen (secondary N) is 1. The van der Waals surface area contributed by atoms with E-state index in [4.69, 9.17) is 10.7 Å². The third-order valence-corrected chi connectivity index (χ3v) is 5.93. The molecule has 0 aliphatic heterocycles. The van der Waals surface area contributed by atoms with E-state index in [-0.39, 0.29) is 43.7 Å². The van der Waals surface area contributed by atoms with Crippen LogP contribution in [0.15, 0.2) is 18.3 Å². The van der Waals surface area contributed by atoms with Crippen LogP contribution in [0.1, 0.15) is 38.4 Å². The Morgan fingerprint density at radius 2 is 2.12 bits per heavy atom. The van der Waals surface area contributed by atoms with Crippen molar-refractivity contribution in [2.45, 2.75) is 45.6 Å². The summed E-state index contributed by atoms with van der Waals surface area (Å²) in [6, 6.07) is 3.81. The summed E-state index contributed by atoms with van der Waals surface area (Å²) in [5, 5.41) is 2.95. The number of nitrogen functional groups attached to an aromatic ring is 1. The number of aryl methyl sites for hydroxylation is 2. The van der Waals surface area contributed by atoms with Crippen LogP contribution in [0.5, 0.6) is 0 Å². The molecule has 3 N–H and O–H groups in total. The van der Waals surface area contributed by atoms with Gasteiger partial charge >= 0.3 is 183 Å². The van der Waals surface area contributed by atoms with Gasteiger partial charge in [0.1, 0.15) is 0 Å². The molecule has 134 valence electrons. The number of imidazole rings is 1. The van der Waals surface area contributed by atoms with E-state index in [0.717, 1.165) is 73.1 Å². The normalized spacial score (nSPS) is 11.2. The van der Waals surface area contributed by atoms with Gasteiger partial charge in [0.2, 0.25) is 0 Å². The average Bonchev–Trinajstić information content (AvgIpc) is 2.99. The van der Waals surface area contributed by atoms with E-state index in [1.807, 2.05) is 12.1 Å². The van der Waals surface area contributed by atoms with Gasteiger partial charge in [-0.25, -0.2) is 0 Å². The van der Waals surface area contributed by atoms with Crippen LogP contribution in [-0.2, 0) is 13.0 Å². The Hall–Kier alpha value is -1.23. The van der Waals surface area contributed by atoms with Crippen LogP contribution < -0.4 is 11.1 Å². The van der Waals surface area contributed by atoms with Gasteiger partial charge in [0.05, 0.1) is 0 Å². The van der Waals surface area contributed by atoms with Crippen LogP contribution in [0, 0.1) is 42.8 Å². The molecule has 3 aromatic heterocycles. The van der Waals surface area contributed by atoms with Crippen LogP contribution in [0.4, 0.5) is 10.6 Å². The second kappa shape index (κ2) is 9.11. The number of aromatic nitrogens is 4. The summed E-state index contributed by atoms with van der Waals surface area (Å²) in [7, 11) is 0. The van der Waals surface area contributed by atoms with Crippen LogP contribution in [0.2, 0.25) is 0 Å². The maximum absolute atomic E-state index is 11.1. The summed E-state index contributed by atoms with van der Waals surface area (Å²) in [4.78, 5) is 24.9. The van der Waals surface area contributed by atoms with Gasteiger partial charge in [-0.3, -0.25) is 0 Å². The fourth-order valence-corrected chi connectivity index (χ4v) is 4.22. The number of carbonyl (C=O) groups is 1. The first kappa shape index (κ1) is 19.5. The molecular weight excluding hydrogens is 542 g/mol. The molecule has 0 saturated carbocycles. The van der Waals surface area contributed by atoms with E-state index >= 15 is 0 Å². The summed E-state index contributed by atoms with van der Waals surface area (Å²) in [5.74, 6) is 1.51.